The van der Waals surface area contributed by atoms with Crippen LogP contribution in [0.2, 0.25) is 0 Å². The average molecular weight is 297 g/mol. The van der Waals surface area contributed by atoms with E-state index in [0.717, 1.165) is 18.6 Å². The molecule has 0 aromatic heterocycles. The summed E-state index contributed by atoms with van der Waals surface area (Å²) in [5.74, 6) is -0.759. The summed E-state index contributed by atoms with van der Waals surface area (Å²) in [6.45, 7) is 4.50. The van der Waals surface area contributed by atoms with Gasteiger partial charge in [0.05, 0.1) is 4.92 Å². The van der Waals surface area contributed by atoms with E-state index >= 15 is 0 Å². The van der Waals surface area contributed by atoms with Gasteiger partial charge >= 0.3 is 5.69 Å². The lowest BCUT2D eigenvalue weighted by Crippen LogP contribution is -2.23. The summed E-state index contributed by atoms with van der Waals surface area (Å²) in [4.78, 5) is 21.6. The Morgan fingerprint density at radius 3 is 2.62 bits per heavy atom. The molecule has 0 unspecified atom stereocenters. The van der Waals surface area contributed by atoms with Crippen molar-refractivity contribution >= 4 is 17.3 Å². The van der Waals surface area contributed by atoms with Crippen molar-refractivity contribution in [2.24, 2.45) is 17.6 Å². The number of benzene rings is 1. The second-order valence-corrected chi connectivity index (χ2v) is 5.41. The molecule has 0 fully saturated rings. The van der Waals surface area contributed by atoms with Crippen molar-refractivity contribution in [3.8, 4) is 0 Å². The average Bonchev–Trinajstić information content (AvgIpc) is 2.36. The second-order valence-electron chi connectivity index (χ2n) is 5.41. The Balaban J connectivity index is 2.66. The molecule has 1 aromatic rings. The van der Waals surface area contributed by atoms with Crippen molar-refractivity contribution < 1.29 is 14.1 Å². The van der Waals surface area contributed by atoms with Crippen LogP contribution in [0, 0.1) is 27.8 Å². The van der Waals surface area contributed by atoms with Crippen LogP contribution in [0.4, 0.5) is 15.8 Å². The van der Waals surface area contributed by atoms with Gasteiger partial charge in [-0.3, -0.25) is 14.9 Å². The van der Waals surface area contributed by atoms with Gasteiger partial charge in [-0.2, -0.15) is 4.39 Å². The summed E-state index contributed by atoms with van der Waals surface area (Å²) < 4.78 is 13.4. The third kappa shape index (κ3) is 5.47. The van der Waals surface area contributed by atoms with Crippen LogP contribution in [-0.4, -0.2) is 17.4 Å². The van der Waals surface area contributed by atoms with Gasteiger partial charge in [0.25, 0.3) is 0 Å². The molecule has 0 heterocycles. The molecule has 1 aromatic carbocycles. The van der Waals surface area contributed by atoms with E-state index in [2.05, 4.69) is 5.32 Å². The van der Waals surface area contributed by atoms with Gasteiger partial charge in [0.1, 0.15) is 0 Å². The highest BCUT2D eigenvalue weighted by molar-refractivity contribution is 5.91. The van der Waals surface area contributed by atoms with Crippen molar-refractivity contribution in [3.05, 3.63) is 34.1 Å². The Bertz CT molecular complexity index is 520. The third-order valence-corrected chi connectivity index (χ3v) is 3.04. The number of nitrogens with two attached hydrogens (primary N) is 1. The van der Waals surface area contributed by atoms with Crippen LogP contribution >= 0.6 is 0 Å². The first kappa shape index (κ1) is 17.0. The standard InChI is InChI=1S/C14H20FN3O3/c1-9(2)5-10(8-16)6-14(19)17-11-3-4-13(18(20)21)12(15)7-11/h3-4,7,9-10H,5-6,8,16H2,1-2H3,(H,17,19)/t10-/m0/s1. The number of halogens is 1. The van der Waals surface area contributed by atoms with E-state index in [1.807, 2.05) is 13.8 Å². The van der Waals surface area contributed by atoms with Crippen LogP contribution in [0.5, 0.6) is 0 Å². The van der Waals surface area contributed by atoms with Crippen molar-refractivity contribution in [2.75, 3.05) is 11.9 Å². The quantitative estimate of drug-likeness (QED) is 0.597. The minimum atomic E-state index is -0.977. The first-order valence-electron chi connectivity index (χ1n) is 6.77. The summed E-state index contributed by atoms with van der Waals surface area (Å²) in [6.07, 6.45) is 1.08. The fraction of sp³-hybridized carbons (Fsp3) is 0.500. The van der Waals surface area contributed by atoms with E-state index in [4.69, 9.17) is 5.73 Å². The zero-order chi connectivity index (χ0) is 16.0. The van der Waals surface area contributed by atoms with Gasteiger partial charge in [-0.1, -0.05) is 13.8 Å². The number of hydrogen-bond acceptors (Lipinski definition) is 4. The number of hydrogen-bond donors (Lipinski definition) is 2. The predicted octanol–water partition coefficient (Wildman–Crippen LogP) is 2.68. The Kier molecular flexibility index (Phi) is 6.23. The molecule has 21 heavy (non-hydrogen) atoms. The zero-order valence-electron chi connectivity index (χ0n) is 12.1. The summed E-state index contributed by atoms with van der Waals surface area (Å²) in [5, 5.41) is 13.0. The maximum Gasteiger partial charge on any atom is 0.304 e. The maximum absolute atomic E-state index is 13.4. The van der Waals surface area contributed by atoms with Crippen molar-refractivity contribution in [1.29, 1.82) is 0 Å². The Morgan fingerprint density at radius 2 is 2.14 bits per heavy atom. The molecule has 7 heteroatoms. The lowest BCUT2D eigenvalue weighted by Gasteiger charge is -2.16. The number of nitrogens with zero attached hydrogens (tertiary/aromatic N) is 1. The van der Waals surface area contributed by atoms with Crippen LogP contribution < -0.4 is 11.1 Å². The topological polar surface area (TPSA) is 98.3 Å². The minimum Gasteiger partial charge on any atom is -0.330 e. The van der Waals surface area contributed by atoms with Crippen LogP contribution in [0.25, 0.3) is 0 Å². The highest BCUT2D eigenvalue weighted by atomic mass is 19.1. The molecule has 0 aliphatic heterocycles. The van der Waals surface area contributed by atoms with Crippen LogP contribution in [0.1, 0.15) is 26.7 Å². The molecular formula is C14H20FN3O3. The molecule has 1 atom stereocenters. The second kappa shape index (κ2) is 7.68. The van der Waals surface area contributed by atoms with Crippen LogP contribution in [-0.2, 0) is 4.79 Å². The van der Waals surface area contributed by atoms with Crippen LogP contribution in [0.15, 0.2) is 18.2 Å². The molecule has 0 aliphatic carbocycles. The molecule has 0 saturated carbocycles. The van der Waals surface area contributed by atoms with E-state index in [1.165, 1.54) is 6.07 Å². The maximum atomic E-state index is 13.4. The number of anilines is 1. The van der Waals surface area contributed by atoms with E-state index in [9.17, 15) is 19.3 Å². The number of amides is 1. The normalized spacial score (nSPS) is 12.2. The number of nitro groups is 1. The van der Waals surface area contributed by atoms with Gasteiger partial charge in [-0.25, -0.2) is 0 Å². The zero-order valence-corrected chi connectivity index (χ0v) is 12.1. The first-order valence-corrected chi connectivity index (χ1v) is 6.77. The third-order valence-electron chi connectivity index (χ3n) is 3.04. The fourth-order valence-electron chi connectivity index (χ4n) is 2.14. The molecule has 116 valence electrons. The number of nitro benzene ring substituents is 1. The molecule has 1 amide bonds. The van der Waals surface area contributed by atoms with Crippen LogP contribution in [0.3, 0.4) is 0 Å². The fourth-order valence-corrected chi connectivity index (χ4v) is 2.14. The first-order chi connectivity index (χ1) is 9.83. The highest BCUT2D eigenvalue weighted by Gasteiger charge is 2.17. The van der Waals surface area contributed by atoms with E-state index in [0.29, 0.717) is 12.5 Å². The summed E-state index contributed by atoms with van der Waals surface area (Å²) in [7, 11) is 0. The SMILES string of the molecule is CC(C)C[C@H](CN)CC(=O)Nc1ccc([N+](=O)[O-])c(F)c1. The van der Waals surface area contributed by atoms with Crippen molar-refractivity contribution in [2.45, 2.75) is 26.7 Å². The van der Waals surface area contributed by atoms with E-state index in [1.54, 1.807) is 0 Å². The van der Waals surface area contributed by atoms with Crippen molar-refractivity contribution in [1.82, 2.24) is 0 Å². The lowest BCUT2D eigenvalue weighted by atomic mass is 9.94. The van der Waals surface area contributed by atoms with Gasteiger partial charge in [0.15, 0.2) is 0 Å². The van der Waals surface area contributed by atoms with Gasteiger partial charge in [0, 0.05) is 24.2 Å². The van der Waals surface area contributed by atoms with Crippen molar-refractivity contribution in [3.63, 3.8) is 0 Å². The smallest absolute Gasteiger partial charge is 0.304 e. The molecule has 0 bridgehead atoms. The largest absolute Gasteiger partial charge is 0.330 e. The molecule has 3 N–H and O–H groups in total. The molecule has 0 radical (unpaired) electrons. The number of carbonyl (C=O) groups is 1. The summed E-state index contributed by atoms with van der Waals surface area (Å²) in [5.41, 5.74) is 5.20. The Morgan fingerprint density at radius 1 is 1.48 bits per heavy atom. The summed E-state index contributed by atoms with van der Waals surface area (Å²) in [6, 6.07) is 3.27. The predicted molar refractivity (Wildman–Crippen MR) is 78.3 cm³/mol. The lowest BCUT2D eigenvalue weighted by molar-refractivity contribution is -0.387. The van der Waals surface area contributed by atoms with Gasteiger partial charge in [-0.15, -0.1) is 0 Å². The highest BCUT2D eigenvalue weighted by Crippen LogP contribution is 2.21. The van der Waals surface area contributed by atoms with E-state index in [-0.39, 0.29) is 23.9 Å². The number of nitrogens with one attached hydrogen (secondary N) is 1. The minimum absolute atomic E-state index is 0.0629. The summed E-state index contributed by atoms with van der Waals surface area (Å²) >= 11 is 0. The van der Waals surface area contributed by atoms with Gasteiger partial charge in [0.2, 0.25) is 11.7 Å². The number of carbonyl (C=O) groups excluding carboxylic acids is 1. The molecule has 0 spiro atoms. The molecule has 0 aliphatic rings. The monoisotopic (exact) mass is 297 g/mol. The Hall–Kier alpha value is -2.02. The molecule has 1 rings (SSSR count). The van der Waals surface area contributed by atoms with E-state index < -0.39 is 16.4 Å². The van der Waals surface area contributed by atoms with Gasteiger partial charge < -0.3 is 11.1 Å². The Labute approximate surface area is 122 Å². The molecular weight excluding hydrogens is 277 g/mol. The molecule has 0 saturated heterocycles. The molecule has 6 nitrogen and oxygen atoms in total. The number of rotatable bonds is 7. The van der Waals surface area contributed by atoms with Gasteiger partial charge in [-0.05, 0) is 30.9 Å².